The van der Waals surface area contributed by atoms with E-state index < -0.39 is 18.9 Å². The van der Waals surface area contributed by atoms with E-state index in [1.54, 1.807) is 11.4 Å². The second kappa shape index (κ2) is 16.2. The Hall–Kier alpha value is -7.46. The summed E-state index contributed by atoms with van der Waals surface area (Å²) in [6.07, 6.45) is 1.79. The van der Waals surface area contributed by atoms with Crippen molar-refractivity contribution in [2.45, 2.75) is 49.7 Å². The Morgan fingerprint density at radius 3 is 1.25 bits per heavy atom. The molecule has 1 atom stereocenters. The summed E-state index contributed by atoms with van der Waals surface area (Å²) < 4.78 is 5.94. The summed E-state index contributed by atoms with van der Waals surface area (Å²) in [6.45, 7) is 7.22. The van der Waals surface area contributed by atoms with Crippen LogP contribution in [0.15, 0.2) is 235 Å². The molecule has 0 aliphatic heterocycles. The van der Waals surface area contributed by atoms with Gasteiger partial charge in [0.25, 0.3) is 0 Å². The van der Waals surface area contributed by atoms with E-state index in [0.29, 0.717) is 0 Å². The molecule has 3 heteroatoms. The lowest BCUT2D eigenvalue weighted by Gasteiger charge is -2.36. The molecule has 2 aliphatic carbocycles. The van der Waals surface area contributed by atoms with Gasteiger partial charge in [-0.2, -0.15) is 0 Å². The Morgan fingerprint density at radius 1 is 0.373 bits per heavy atom. The van der Waals surface area contributed by atoms with E-state index in [9.17, 15) is 0 Å². The van der Waals surface area contributed by atoms with Crippen LogP contribution in [-0.2, 0) is 10.8 Å². The zero-order chi connectivity index (χ0) is 45.2. The minimum absolute atomic E-state index is 0.535. The molecule has 9 aromatic carbocycles. The zero-order valence-electron chi connectivity index (χ0n) is 38.4. The summed E-state index contributed by atoms with van der Waals surface area (Å²) in [5.74, 6) is 0. The highest BCUT2D eigenvalue weighted by atomic mass is 28.3. The predicted molar refractivity (Wildman–Crippen MR) is 282 cm³/mol. The van der Waals surface area contributed by atoms with E-state index in [2.05, 4.69) is 250 Å². The Balaban J connectivity index is 1.12. The Bertz CT molecular complexity index is 3380. The van der Waals surface area contributed by atoms with E-state index in [1.165, 1.54) is 84.9 Å². The minimum Gasteiger partial charge on any atom is -0.464 e. The molecule has 0 radical (unpaired) electrons. The van der Waals surface area contributed by atoms with Gasteiger partial charge in [0.1, 0.15) is 5.58 Å². The van der Waals surface area contributed by atoms with Gasteiger partial charge in [-0.05, 0) is 115 Å². The summed E-state index contributed by atoms with van der Waals surface area (Å²) in [7, 11) is -1.61. The van der Waals surface area contributed by atoms with Gasteiger partial charge in [-0.1, -0.05) is 220 Å². The fraction of sp³-hybridized carbons (Fsp3) is 0.125. The Kier molecular flexibility index (Phi) is 9.88. The van der Waals surface area contributed by atoms with Crippen molar-refractivity contribution in [3.8, 4) is 22.3 Å². The third kappa shape index (κ3) is 6.00. The maximum Gasteiger partial charge on any atom is 0.133 e. The molecule has 1 heterocycles. The van der Waals surface area contributed by atoms with Crippen LogP contribution < -0.4 is 10.1 Å². The van der Waals surface area contributed by atoms with Gasteiger partial charge in [0.05, 0.1) is 25.2 Å². The van der Waals surface area contributed by atoms with E-state index >= 15 is 0 Å². The van der Waals surface area contributed by atoms with Crippen LogP contribution in [0.5, 0.6) is 0 Å². The monoisotopic (exact) mass is 879 g/mol. The van der Waals surface area contributed by atoms with Gasteiger partial charge >= 0.3 is 0 Å². The van der Waals surface area contributed by atoms with Crippen LogP contribution in [0, 0.1) is 0 Å². The molecule has 1 unspecified atom stereocenters. The maximum atomic E-state index is 5.94. The first-order chi connectivity index (χ1) is 33.0. The summed E-state index contributed by atoms with van der Waals surface area (Å²) in [5.41, 5.74) is 18.4. The largest absolute Gasteiger partial charge is 0.464 e. The van der Waals surface area contributed by atoms with E-state index in [1.807, 2.05) is 0 Å². The number of nitrogens with zero attached hydrogens (tertiary/aromatic N) is 1. The number of anilines is 3. The highest BCUT2D eigenvalue weighted by molar-refractivity contribution is 6.91. The zero-order valence-corrected chi connectivity index (χ0v) is 39.4. The van der Waals surface area contributed by atoms with Crippen LogP contribution in [0.25, 0.3) is 33.2 Å². The molecule has 2 nitrogen and oxygen atoms in total. The van der Waals surface area contributed by atoms with Crippen LogP contribution >= 0.6 is 0 Å². The first-order valence-corrected chi connectivity index (χ1v) is 26.7. The SMILES string of the molecule is CC[Si](CC)(CC)c1ccc(C2(c3ccccc3)c3ccccc3-c3ccc(N(c4ccc5c(c4)C(c4ccccc4)(c4ccccc4)c4ccccc4-5)c4ccc5occc5c4)cc32)cc1. The van der Waals surface area contributed by atoms with Crippen LogP contribution in [0.1, 0.15) is 65.3 Å². The van der Waals surface area contributed by atoms with Crippen molar-refractivity contribution in [1.82, 2.24) is 0 Å². The third-order valence-corrected chi connectivity index (χ3v) is 21.5. The lowest BCUT2D eigenvalue weighted by Crippen LogP contribution is -2.45. The fourth-order valence-corrected chi connectivity index (χ4v) is 16.0. The Labute approximate surface area is 395 Å². The molecule has 1 aromatic heterocycles. The highest BCUT2D eigenvalue weighted by Crippen LogP contribution is 2.59. The molecule has 0 bridgehead atoms. The number of benzene rings is 9. The molecule has 324 valence electrons. The van der Waals surface area contributed by atoms with Gasteiger partial charge in [0.15, 0.2) is 0 Å². The fourth-order valence-electron chi connectivity index (χ4n) is 12.4. The van der Waals surface area contributed by atoms with E-state index in [4.69, 9.17) is 4.42 Å². The van der Waals surface area contributed by atoms with Gasteiger partial charge < -0.3 is 9.32 Å². The normalized spacial score (nSPS) is 15.4. The molecule has 0 spiro atoms. The lowest BCUT2D eigenvalue weighted by atomic mass is 9.67. The standard InChI is InChI=1S/C64H53NOSi/c1-4-67(5-2,6-3)53-35-30-49(31-36-53)64(48-24-14-9-15-25-48)59-29-19-17-27-55(59)57-38-33-52(44-61(57)64)65(50-34-39-62-45(42-50)40-41-66-62)51-32-37-56-54-26-16-18-28-58(54)63(60(56)43-51,46-20-10-7-11-21-46)47-22-12-8-13-23-47/h7-44H,4-6H2,1-3H3. The topological polar surface area (TPSA) is 16.4 Å². The minimum atomic E-state index is -1.61. The van der Waals surface area contributed by atoms with Gasteiger partial charge in [-0.3, -0.25) is 0 Å². The lowest BCUT2D eigenvalue weighted by molar-refractivity contribution is 0.616. The van der Waals surface area contributed by atoms with Crippen molar-refractivity contribution in [1.29, 1.82) is 0 Å². The van der Waals surface area contributed by atoms with E-state index in [0.717, 1.165) is 28.0 Å². The predicted octanol–water partition coefficient (Wildman–Crippen LogP) is 16.3. The van der Waals surface area contributed by atoms with Gasteiger partial charge in [-0.15, -0.1) is 0 Å². The van der Waals surface area contributed by atoms with Crippen LogP contribution in [0.3, 0.4) is 0 Å². The number of rotatable bonds is 11. The van der Waals surface area contributed by atoms with Crippen LogP contribution in [0.2, 0.25) is 18.1 Å². The number of hydrogen-bond donors (Lipinski definition) is 0. The van der Waals surface area contributed by atoms with Crippen molar-refractivity contribution in [3.05, 3.63) is 275 Å². The molecule has 12 rings (SSSR count). The van der Waals surface area contributed by atoms with Crippen molar-refractivity contribution < 1.29 is 4.42 Å². The number of hydrogen-bond acceptors (Lipinski definition) is 2. The molecule has 0 saturated heterocycles. The molecule has 2 aliphatic rings. The molecule has 0 amide bonds. The summed E-state index contributed by atoms with van der Waals surface area (Å²) in [5, 5.41) is 2.63. The molecule has 67 heavy (non-hydrogen) atoms. The smallest absolute Gasteiger partial charge is 0.133 e. The quantitative estimate of drug-likeness (QED) is 0.120. The average Bonchev–Trinajstić information content (AvgIpc) is 4.08. The molecular weight excluding hydrogens is 827 g/mol. The van der Waals surface area contributed by atoms with E-state index in [-0.39, 0.29) is 0 Å². The molecular formula is C64H53NOSi. The average molecular weight is 880 g/mol. The summed E-state index contributed by atoms with van der Waals surface area (Å²) >= 11 is 0. The van der Waals surface area contributed by atoms with Crippen molar-refractivity contribution in [3.63, 3.8) is 0 Å². The first kappa shape index (κ1) is 41.0. The van der Waals surface area contributed by atoms with Gasteiger partial charge in [0.2, 0.25) is 0 Å². The van der Waals surface area contributed by atoms with Crippen molar-refractivity contribution >= 4 is 41.3 Å². The molecule has 0 N–H and O–H groups in total. The first-order valence-electron chi connectivity index (χ1n) is 24.1. The molecule has 0 saturated carbocycles. The van der Waals surface area contributed by atoms with Crippen molar-refractivity contribution in [2.24, 2.45) is 0 Å². The third-order valence-electron chi connectivity index (χ3n) is 15.8. The highest BCUT2D eigenvalue weighted by Gasteiger charge is 2.48. The van der Waals surface area contributed by atoms with Crippen molar-refractivity contribution in [2.75, 3.05) is 4.90 Å². The number of furan rings is 1. The summed E-state index contributed by atoms with van der Waals surface area (Å²) in [6, 6.07) is 88.3. The van der Waals surface area contributed by atoms with Gasteiger partial charge in [-0.25, -0.2) is 0 Å². The molecule has 10 aromatic rings. The van der Waals surface area contributed by atoms with Gasteiger partial charge in [0, 0.05) is 22.4 Å². The van der Waals surface area contributed by atoms with Crippen LogP contribution in [-0.4, -0.2) is 8.07 Å². The Morgan fingerprint density at radius 2 is 0.776 bits per heavy atom. The van der Waals surface area contributed by atoms with Crippen LogP contribution in [0.4, 0.5) is 17.1 Å². The second-order valence-corrected chi connectivity index (χ2v) is 23.8. The summed E-state index contributed by atoms with van der Waals surface area (Å²) in [4.78, 5) is 2.47. The molecule has 0 fully saturated rings. The maximum absolute atomic E-state index is 5.94. The number of fused-ring (bicyclic) bond motifs is 7. The second-order valence-electron chi connectivity index (χ2n) is 18.5.